The maximum atomic E-state index is 11.1. The number of carbonyl (C=O) groups excluding carboxylic acids is 1. The molecule has 0 bridgehead atoms. The molecule has 14 heavy (non-hydrogen) atoms. The molecule has 1 amide bonds. The smallest absolute Gasteiger partial charge is 0.375 e. The molecule has 6 heteroatoms. The normalized spacial score (nSPS) is 10.3. The van der Waals surface area contributed by atoms with Gasteiger partial charge in [-0.25, -0.2) is 4.79 Å². The van der Waals surface area contributed by atoms with E-state index in [1.165, 1.54) is 0 Å². The number of hydrogen-bond donors (Lipinski definition) is 2. The average molecular weight is 262 g/mol. The number of nitrogens with zero attached hydrogens (tertiary/aromatic N) is 1. The molecule has 5 nitrogen and oxygen atoms in total. The van der Waals surface area contributed by atoms with Gasteiger partial charge in [0.15, 0.2) is 0 Å². The van der Waals surface area contributed by atoms with Gasteiger partial charge < -0.3 is 15.0 Å². The molecule has 0 aliphatic carbocycles. The molecular weight excluding hydrogens is 250 g/mol. The maximum Gasteiger partial charge on any atom is 0.415 e. The van der Waals surface area contributed by atoms with Gasteiger partial charge in [-0.05, 0) is 21.8 Å². The molecule has 0 radical (unpaired) electrons. The number of ether oxygens (including phenoxy) is 1. The standard InChI is InChI=1S/C8H12BrN3O2/c1-5(2)3-11-8(13)14-7-10-4-6(9)12-7/h4-5H,3H2,1-2H3,(H,10,12)(H,11,13). The minimum atomic E-state index is -0.499. The molecule has 1 aromatic heterocycles. The first-order chi connectivity index (χ1) is 6.58. The van der Waals surface area contributed by atoms with Crippen LogP contribution in [0.25, 0.3) is 0 Å². The first kappa shape index (κ1) is 11.0. The number of halogens is 1. The summed E-state index contributed by atoms with van der Waals surface area (Å²) in [6.07, 6.45) is 1.09. The van der Waals surface area contributed by atoms with Crippen LogP contribution in [0.3, 0.4) is 0 Å². The van der Waals surface area contributed by atoms with Crippen molar-refractivity contribution in [1.82, 2.24) is 15.3 Å². The fourth-order valence-electron chi connectivity index (χ4n) is 0.746. The summed E-state index contributed by atoms with van der Waals surface area (Å²) < 4.78 is 5.44. The Hall–Kier alpha value is -1.04. The summed E-state index contributed by atoms with van der Waals surface area (Å²) >= 11 is 3.13. The lowest BCUT2D eigenvalue weighted by Gasteiger charge is -2.05. The molecule has 1 rings (SSSR count). The minimum absolute atomic E-state index is 0.179. The Morgan fingerprint density at radius 1 is 1.79 bits per heavy atom. The third kappa shape index (κ3) is 3.78. The van der Waals surface area contributed by atoms with Gasteiger partial charge in [0.2, 0.25) is 0 Å². The number of aromatic nitrogens is 2. The van der Waals surface area contributed by atoms with Crippen LogP contribution in [-0.2, 0) is 0 Å². The Balaban J connectivity index is 2.34. The highest BCUT2D eigenvalue weighted by atomic mass is 79.9. The van der Waals surface area contributed by atoms with Gasteiger partial charge in [0, 0.05) is 12.7 Å². The summed E-state index contributed by atoms with van der Waals surface area (Å²) in [7, 11) is 0. The van der Waals surface area contributed by atoms with E-state index in [9.17, 15) is 4.79 Å². The lowest BCUT2D eigenvalue weighted by atomic mass is 10.2. The monoisotopic (exact) mass is 261 g/mol. The molecule has 0 unspecified atom stereocenters. The lowest BCUT2D eigenvalue weighted by molar-refractivity contribution is 0.195. The number of imidazole rings is 1. The Morgan fingerprint density at radius 2 is 2.50 bits per heavy atom. The molecule has 0 spiro atoms. The molecule has 0 aliphatic rings. The number of hydrogen-bond acceptors (Lipinski definition) is 3. The van der Waals surface area contributed by atoms with E-state index >= 15 is 0 Å². The van der Waals surface area contributed by atoms with Gasteiger partial charge in [0.05, 0.1) is 0 Å². The highest BCUT2D eigenvalue weighted by Gasteiger charge is 2.07. The van der Waals surface area contributed by atoms with Crippen molar-refractivity contribution in [3.63, 3.8) is 0 Å². The van der Waals surface area contributed by atoms with Gasteiger partial charge in [-0.15, -0.1) is 0 Å². The van der Waals surface area contributed by atoms with Gasteiger partial charge in [0.1, 0.15) is 4.60 Å². The van der Waals surface area contributed by atoms with Crippen LogP contribution in [0, 0.1) is 5.92 Å². The quantitative estimate of drug-likeness (QED) is 0.874. The second kappa shape index (κ2) is 4.99. The van der Waals surface area contributed by atoms with Crippen molar-refractivity contribution < 1.29 is 9.53 Å². The topological polar surface area (TPSA) is 67.0 Å². The molecule has 0 saturated heterocycles. The number of rotatable bonds is 3. The molecule has 0 aliphatic heterocycles. The molecule has 0 aromatic carbocycles. The zero-order chi connectivity index (χ0) is 10.6. The molecule has 78 valence electrons. The molecule has 2 N–H and O–H groups in total. The van der Waals surface area contributed by atoms with E-state index in [1.54, 1.807) is 6.20 Å². The number of carbonyl (C=O) groups is 1. The van der Waals surface area contributed by atoms with Crippen LogP contribution in [0.2, 0.25) is 0 Å². The van der Waals surface area contributed by atoms with Crippen molar-refractivity contribution in [1.29, 1.82) is 0 Å². The summed E-state index contributed by atoms with van der Waals surface area (Å²) in [6, 6.07) is 0.179. The molecule has 0 saturated carbocycles. The van der Waals surface area contributed by atoms with Crippen LogP contribution in [-0.4, -0.2) is 22.6 Å². The highest BCUT2D eigenvalue weighted by molar-refractivity contribution is 9.10. The van der Waals surface area contributed by atoms with Crippen LogP contribution in [0.15, 0.2) is 10.8 Å². The van der Waals surface area contributed by atoms with Gasteiger partial charge in [0.25, 0.3) is 0 Å². The summed E-state index contributed by atoms with van der Waals surface area (Å²) in [5.74, 6) is 0.394. The highest BCUT2D eigenvalue weighted by Crippen LogP contribution is 2.10. The van der Waals surface area contributed by atoms with E-state index in [0.29, 0.717) is 17.1 Å². The van der Waals surface area contributed by atoms with Gasteiger partial charge in [-0.3, -0.25) is 0 Å². The predicted octanol–water partition coefficient (Wildman–Crippen LogP) is 1.92. The van der Waals surface area contributed by atoms with Crippen LogP contribution in [0.4, 0.5) is 4.79 Å². The average Bonchev–Trinajstić information content (AvgIpc) is 2.48. The fraction of sp³-hybridized carbons (Fsp3) is 0.500. The first-order valence-electron chi connectivity index (χ1n) is 4.24. The van der Waals surface area contributed by atoms with Crippen molar-refractivity contribution in [3.8, 4) is 6.01 Å². The predicted molar refractivity (Wildman–Crippen MR) is 55.2 cm³/mol. The zero-order valence-electron chi connectivity index (χ0n) is 8.00. The van der Waals surface area contributed by atoms with Crippen molar-refractivity contribution in [2.24, 2.45) is 5.92 Å². The third-order valence-electron chi connectivity index (χ3n) is 1.37. The van der Waals surface area contributed by atoms with E-state index in [-0.39, 0.29) is 6.01 Å². The summed E-state index contributed by atoms with van der Waals surface area (Å²) in [5.41, 5.74) is 0. The first-order valence-corrected chi connectivity index (χ1v) is 5.04. The van der Waals surface area contributed by atoms with Crippen molar-refractivity contribution in [3.05, 3.63) is 10.8 Å². The van der Waals surface area contributed by atoms with Gasteiger partial charge in [-0.2, -0.15) is 4.98 Å². The SMILES string of the molecule is CC(C)CNC(=O)Oc1nc(Br)c[nH]1. The summed E-state index contributed by atoms with van der Waals surface area (Å²) in [6.45, 7) is 4.59. The molecule has 0 fully saturated rings. The Kier molecular flexibility index (Phi) is 3.94. The van der Waals surface area contributed by atoms with Crippen molar-refractivity contribution in [2.45, 2.75) is 13.8 Å². The molecule has 1 heterocycles. The number of H-pyrrole nitrogens is 1. The molecular formula is C8H12BrN3O2. The summed E-state index contributed by atoms with van der Waals surface area (Å²) in [5, 5.41) is 2.60. The Bertz CT molecular complexity index is 311. The summed E-state index contributed by atoms with van der Waals surface area (Å²) in [4.78, 5) is 17.7. The number of nitrogens with one attached hydrogen (secondary N) is 2. The fourth-order valence-corrected chi connectivity index (χ4v) is 1.02. The van der Waals surface area contributed by atoms with Crippen molar-refractivity contribution in [2.75, 3.05) is 6.54 Å². The number of aromatic amines is 1. The molecule has 0 atom stereocenters. The zero-order valence-corrected chi connectivity index (χ0v) is 9.59. The van der Waals surface area contributed by atoms with E-state index in [4.69, 9.17) is 4.74 Å². The Labute approximate surface area is 90.4 Å². The van der Waals surface area contributed by atoms with Crippen LogP contribution in [0.1, 0.15) is 13.8 Å². The van der Waals surface area contributed by atoms with E-state index in [1.807, 2.05) is 13.8 Å². The van der Waals surface area contributed by atoms with Crippen LogP contribution < -0.4 is 10.1 Å². The van der Waals surface area contributed by atoms with Crippen LogP contribution in [0.5, 0.6) is 6.01 Å². The second-order valence-corrected chi connectivity index (χ2v) is 4.01. The molecule has 1 aromatic rings. The van der Waals surface area contributed by atoms with E-state index < -0.39 is 6.09 Å². The Morgan fingerprint density at radius 3 is 3.00 bits per heavy atom. The lowest BCUT2D eigenvalue weighted by Crippen LogP contribution is -2.30. The minimum Gasteiger partial charge on any atom is -0.375 e. The largest absolute Gasteiger partial charge is 0.415 e. The third-order valence-corrected chi connectivity index (χ3v) is 1.77. The van der Waals surface area contributed by atoms with E-state index in [2.05, 4.69) is 31.2 Å². The van der Waals surface area contributed by atoms with Gasteiger partial charge >= 0.3 is 12.1 Å². The maximum absolute atomic E-state index is 11.1. The van der Waals surface area contributed by atoms with Crippen molar-refractivity contribution >= 4 is 22.0 Å². The second-order valence-electron chi connectivity index (χ2n) is 3.19. The number of amides is 1. The van der Waals surface area contributed by atoms with E-state index in [0.717, 1.165) is 0 Å². The van der Waals surface area contributed by atoms with Gasteiger partial charge in [-0.1, -0.05) is 13.8 Å². The van der Waals surface area contributed by atoms with Crippen LogP contribution >= 0.6 is 15.9 Å².